The molecule has 4 heteroatoms. The summed E-state index contributed by atoms with van der Waals surface area (Å²) >= 11 is 0. The van der Waals surface area contributed by atoms with E-state index in [9.17, 15) is 9.59 Å². The van der Waals surface area contributed by atoms with Gasteiger partial charge in [0.2, 0.25) is 5.91 Å². The van der Waals surface area contributed by atoms with Crippen molar-refractivity contribution in [1.29, 1.82) is 0 Å². The maximum Gasteiger partial charge on any atom is 0.303 e. The zero-order valence-electron chi connectivity index (χ0n) is 12.5. The molecule has 0 aromatic heterocycles. The molecule has 21 heavy (non-hydrogen) atoms. The van der Waals surface area contributed by atoms with Gasteiger partial charge in [-0.1, -0.05) is 30.3 Å². The molecule has 1 amide bonds. The van der Waals surface area contributed by atoms with E-state index in [2.05, 4.69) is 0 Å². The Hall–Kier alpha value is -1.84. The van der Waals surface area contributed by atoms with Crippen molar-refractivity contribution in [2.45, 2.75) is 51.0 Å². The second-order valence-electron chi connectivity index (χ2n) is 5.75. The molecular weight excluding hydrogens is 266 g/mol. The van der Waals surface area contributed by atoms with Crippen molar-refractivity contribution >= 4 is 11.9 Å². The van der Waals surface area contributed by atoms with Gasteiger partial charge in [0.1, 0.15) is 0 Å². The van der Waals surface area contributed by atoms with Gasteiger partial charge in [-0.05, 0) is 38.2 Å². The molecule has 1 aromatic carbocycles. The molecular formula is C17H23NO3. The molecule has 2 rings (SSSR count). The molecule has 1 aliphatic heterocycles. The zero-order valence-corrected chi connectivity index (χ0v) is 12.5. The highest BCUT2D eigenvalue weighted by atomic mass is 16.4. The van der Waals surface area contributed by atoms with Gasteiger partial charge in [-0.2, -0.15) is 0 Å². The Morgan fingerprint density at radius 2 is 2.00 bits per heavy atom. The summed E-state index contributed by atoms with van der Waals surface area (Å²) < 4.78 is 0. The van der Waals surface area contributed by atoms with Crippen LogP contribution in [0.2, 0.25) is 0 Å². The molecule has 2 unspecified atom stereocenters. The number of rotatable bonds is 5. The lowest BCUT2D eigenvalue weighted by molar-refractivity contribution is -0.140. The monoisotopic (exact) mass is 289 g/mol. The third kappa shape index (κ3) is 4.06. The van der Waals surface area contributed by atoms with Gasteiger partial charge in [0.15, 0.2) is 0 Å². The Morgan fingerprint density at radius 3 is 2.67 bits per heavy atom. The van der Waals surface area contributed by atoms with E-state index in [1.165, 1.54) is 0 Å². The summed E-state index contributed by atoms with van der Waals surface area (Å²) in [5.74, 6) is -0.836. The van der Waals surface area contributed by atoms with E-state index >= 15 is 0 Å². The number of amides is 1. The summed E-state index contributed by atoms with van der Waals surface area (Å²) in [6.45, 7) is 2.68. The van der Waals surface area contributed by atoms with E-state index in [0.29, 0.717) is 6.42 Å². The maximum atomic E-state index is 12.7. The third-order valence-electron chi connectivity index (χ3n) is 4.27. The van der Waals surface area contributed by atoms with Gasteiger partial charge in [0, 0.05) is 19.0 Å². The standard InChI is InChI=1S/C17H23NO3/c1-13(14-7-3-2-4-8-14)17(21)18-12-6-5-9-15(18)10-11-16(19)20/h2-4,7-8,13,15H,5-6,9-12H2,1H3,(H,19,20). The molecule has 4 nitrogen and oxygen atoms in total. The predicted molar refractivity (Wildman–Crippen MR) is 81.1 cm³/mol. The van der Waals surface area contributed by atoms with E-state index in [-0.39, 0.29) is 24.3 Å². The van der Waals surface area contributed by atoms with E-state index in [0.717, 1.165) is 31.4 Å². The van der Waals surface area contributed by atoms with Crippen molar-refractivity contribution in [3.63, 3.8) is 0 Å². The fraction of sp³-hybridized carbons (Fsp3) is 0.529. The number of piperidine rings is 1. The van der Waals surface area contributed by atoms with Gasteiger partial charge in [0.05, 0.1) is 5.92 Å². The molecule has 0 radical (unpaired) electrons. The van der Waals surface area contributed by atoms with E-state index < -0.39 is 5.97 Å². The summed E-state index contributed by atoms with van der Waals surface area (Å²) in [6, 6.07) is 9.84. The number of carbonyl (C=O) groups is 2. The predicted octanol–water partition coefficient (Wildman–Crippen LogP) is 3.04. The number of carbonyl (C=O) groups excluding carboxylic acids is 1. The maximum absolute atomic E-state index is 12.7. The van der Waals surface area contributed by atoms with Gasteiger partial charge in [-0.3, -0.25) is 9.59 Å². The highest BCUT2D eigenvalue weighted by Crippen LogP contribution is 2.26. The van der Waals surface area contributed by atoms with E-state index in [1.807, 2.05) is 42.2 Å². The van der Waals surface area contributed by atoms with Crippen molar-refractivity contribution in [3.05, 3.63) is 35.9 Å². The molecule has 1 aromatic rings. The van der Waals surface area contributed by atoms with Crippen LogP contribution >= 0.6 is 0 Å². The number of likely N-dealkylation sites (tertiary alicyclic amines) is 1. The minimum Gasteiger partial charge on any atom is -0.481 e. The van der Waals surface area contributed by atoms with Crippen LogP contribution in [0, 0.1) is 0 Å². The van der Waals surface area contributed by atoms with Crippen LogP contribution < -0.4 is 0 Å². The molecule has 1 heterocycles. The molecule has 1 N–H and O–H groups in total. The van der Waals surface area contributed by atoms with Gasteiger partial charge in [-0.15, -0.1) is 0 Å². The van der Waals surface area contributed by atoms with Crippen LogP contribution in [0.25, 0.3) is 0 Å². The largest absolute Gasteiger partial charge is 0.481 e. The smallest absolute Gasteiger partial charge is 0.303 e. The Kier molecular flexibility index (Phi) is 5.37. The summed E-state index contributed by atoms with van der Waals surface area (Å²) in [5, 5.41) is 8.85. The molecule has 1 fully saturated rings. The minimum atomic E-state index is -0.788. The zero-order chi connectivity index (χ0) is 15.2. The van der Waals surface area contributed by atoms with Gasteiger partial charge < -0.3 is 10.0 Å². The molecule has 1 saturated heterocycles. The molecule has 114 valence electrons. The van der Waals surface area contributed by atoms with Crippen LogP contribution in [0.5, 0.6) is 0 Å². The molecule has 0 spiro atoms. The summed E-state index contributed by atoms with van der Waals surface area (Å²) in [5.41, 5.74) is 1.02. The van der Waals surface area contributed by atoms with Gasteiger partial charge >= 0.3 is 5.97 Å². The number of benzene rings is 1. The third-order valence-corrected chi connectivity index (χ3v) is 4.27. The number of hydrogen-bond acceptors (Lipinski definition) is 2. The Labute approximate surface area is 125 Å². The summed E-state index contributed by atoms with van der Waals surface area (Å²) in [4.78, 5) is 25.4. The molecule has 1 aliphatic rings. The van der Waals surface area contributed by atoms with Crippen molar-refractivity contribution in [1.82, 2.24) is 4.90 Å². The van der Waals surface area contributed by atoms with Crippen LogP contribution in [0.3, 0.4) is 0 Å². The second kappa shape index (κ2) is 7.25. The number of carboxylic acid groups (broad SMARTS) is 1. The second-order valence-corrected chi connectivity index (χ2v) is 5.75. The first kappa shape index (κ1) is 15.5. The summed E-state index contributed by atoms with van der Waals surface area (Å²) in [6.07, 6.45) is 3.70. The van der Waals surface area contributed by atoms with Crippen molar-refractivity contribution in [2.24, 2.45) is 0 Å². The number of aliphatic carboxylic acids is 1. The van der Waals surface area contributed by atoms with Crippen molar-refractivity contribution in [3.8, 4) is 0 Å². The lowest BCUT2D eigenvalue weighted by Crippen LogP contribution is -2.45. The molecule has 0 bridgehead atoms. The average molecular weight is 289 g/mol. The quantitative estimate of drug-likeness (QED) is 0.906. The SMILES string of the molecule is CC(C(=O)N1CCCCC1CCC(=O)O)c1ccccc1. The minimum absolute atomic E-state index is 0.0773. The first-order valence-electron chi connectivity index (χ1n) is 7.67. The Bertz CT molecular complexity index is 486. The Morgan fingerprint density at radius 1 is 1.29 bits per heavy atom. The van der Waals surface area contributed by atoms with Crippen LogP contribution in [0.4, 0.5) is 0 Å². The topological polar surface area (TPSA) is 57.6 Å². The van der Waals surface area contributed by atoms with Crippen LogP contribution in [-0.2, 0) is 9.59 Å². The number of carboxylic acids is 1. The van der Waals surface area contributed by atoms with Gasteiger partial charge in [-0.25, -0.2) is 0 Å². The molecule has 0 aliphatic carbocycles. The summed E-state index contributed by atoms with van der Waals surface area (Å²) in [7, 11) is 0. The molecule has 2 atom stereocenters. The van der Waals surface area contributed by atoms with E-state index in [1.54, 1.807) is 0 Å². The average Bonchev–Trinajstić information content (AvgIpc) is 2.52. The van der Waals surface area contributed by atoms with Crippen molar-refractivity contribution in [2.75, 3.05) is 6.54 Å². The first-order valence-corrected chi connectivity index (χ1v) is 7.67. The number of hydrogen-bond donors (Lipinski definition) is 1. The van der Waals surface area contributed by atoms with Crippen LogP contribution in [0.1, 0.15) is 50.5 Å². The lowest BCUT2D eigenvalue weighted by Gasteiger charge is -2.37. The molecule has 0 saturated carbocycles. The number of nitrogens with zero attached hydrogens (tertiary/aromatic N) is 1. The lowest BCUT2D eigenvalue weighted by atomic mass is 9.93. The fourth-order valence-corrected chi connectivity index (χ4v) is 3.01. The van der Waals surface area contributed by atoms with Crippen LogP contribution in [0.15, 0.2) is 30.3 Å². The Balaban J connectivity index is 2.05. The normalized spacial score (nSPS) is 20.0. The highest BCUT2D eigenvalue weighted by Gasteiger charge is 2.30. The fourth-order valence-electron chi connectivity index (χ4n) is 3.01. The van der Waals surface area contributed by atoms with Crippen molar-refractivity contribution < 1.29 is 14.7 Å². The van der Waals surface area contributed by atoms with E-state index in [4.69, 9.17) is 5.11 Å². The van der Waals surface area contributed by atoms with Gasteiger partial charge in [0.25, 0.3) is 0 Å². The van der Waals surface area contributed by atoms with Crippen LogP contribution in [-0.4, -0.2) is 34.5 Å². The highest BCUT2D eigenvalue weighted by molar-refractivity contribution is 5.83. The first-order chi connectivity index (χ1) is 10.1.